The number of hydrogen-bond acceptors (Lipinski definition) is 3. The highest BCUT2D eigenvalue weighted by Gasteiger charge is 2.13. The van der Waals surface area contributed by atoms with Gasteiger partial charge in [-0.25, -0.2) is 4.39 Å². The van der Waals surface area contributed by atoms with Gasteiger partial charge in [0.15, 0.2) is 12.4 Å². The molecule has 0 spiro atoms. The number of Topliss-reactive ketones (excluding diaryl/α,β-unsaturated/α-hetero) is 1. The van der Waals surface area contributed by atoms with Crippen LogP contribution in [0.5, 0.6) is 5.75 Å². The molecule has 2 rings (SSSR count). The molecule has 0 fully saturated rings. The van der Waals surface area contributed by atoms with Gasteiger partial charge in [-0.2, -0.15) is 0 Å². The summed E-state index contributed by atoms with van der Waals surface area (Å²) >= 11 is 0. The van der Waals surface area contributed by atoms with Crippen molar-refractivity contribution in [2.24, 2.45) is 0 Å². The molecule has 23 heavy (non-hydrogen) atoms. The predicted molar refractivity (Wildman–Crippen MR) is 84.9 cm³/mol. The van der Waals surface area contributed by atoms with Gasteiger partial charge in [0.25, 0.3) is 5.91 Å². The lowest BCUT2D eigenvalue weighted by atomic mass is 10.1. The first-order chi connectivity index (χ1) is 11.0. The molecule has 1 unspecified atom stereocenters. The molecule has 2 aromatic carbocycles. The fourth-order valence-corrected chi connectivity index (χ4v) is 2.15. The lowest BCUT2D eigenvalue weighted by molar-refractivity contribution is -0.123. The molecule has 1 amide bonds. The van der Waals surface area contributed by atoms with Crippen LogP contribution < -0.4 is 10.1 Å². The fraction of sp³-hybridized carbons (Fsp3) is 0.222. The third kappa shape index (κ3) is 4.64. The van der Waals surface area contributed by atoms with Gasteiger partial charge in [0.05, 0.1) is 11.6 Å². The maximum atomic E-state index is 13.2. The average molecular weight is 315 g/mol. The third-order valence-corrected chi connectivity index (χ3v) is 3.36. The molecular weight excluding hydrogens is 297 g/mol. The van der Waals surface area contributed by atoms with E-state index in [4.69, 9.17) is 4.74 Å². The second kappa shape index (κ2) is 7.54. The van der Waals surface area contributed by atoms with Crippen molar-refractivity contribution in [1.29, 1.82) is 0 Å². The molecule has 0 aliphatic heterocycles. The Morgan fingerprint density at radius 1 is 1.17 bits per heavy atom. The van der Waals surface area contributed by atoms with Crippen LogP contribution >= 0.6 is 0 Å². The van der Waals surface area contributed by atoms with Gasteiger partial charge in [0.1, 0.15) is 11.6 Å². The Morgan fingerprint density at radius 2 is 1.87 bits per heavy atom. The molecule has 1 N–H and O–H groups in total. The van der Waals surface area contributed by atoms with Crippen molar-refractivity contribution < 1.29 is 18.7 Å². The molecule has 0 heterocycles. The Labute approximate surface area is 134 Å². The van der Waals surface area contributed by atoms with Crippen LogP contribution in [-0.2, 0) is 4.79 Å². The van der Waals surface area contributed by atoms with Crippen molar-refractivity contribution >= 4 is 11.7 Å². The van der Waals surface area contributed by atoms with Crippen molar-refractivity contribution in [2.75, 3.05) is 6.61 Å². The molecule has 0 saturated carbocycles. The summed E-state index contributed by atoms with van der Waals surface area (Å²) < 4.78 is 18.5. The van der Waals surface area contributed by atoms with Crippen LogP contribution in [0.4, 0.5) is 4.39 Å². The quantitative estimate of drug-likeness (QED) is 0.832. The minimum atomic E-state index is -0.523. The first-order valence-corrected chi connectivity index (χ1v) is 7.25. The topological polar surface area (TPSA) is 55.4 Å². The maximum absolute atomic E-state index is 13.2. The molecule has 0 saturated heterocycles. The van der Waals surface area contributed by atoms with Crippen molar-refractivity contribution in [2.45, 2.75) is 19.9 Å². The maximum Gasteiger partial charge on any atom is 0.258 e. The van der Waals surface area contributed by atoms with E-state index in [1.807, 2.05) is 37.3 Å². The molecule has 0 aliphatic carbocycles. The number of halogens is 1. The molecule has 0 bridgehead atoms. The van der Waals surface area contributed by atoms with E-state index in [0.717, 1.165) is 11.6 Å². The third-order valence-electron chi connectivity index (χ3n) is 3.36. The highest BCUT2D eigenvalue weighted by Crippen LogP contribution is 2.20. The van der Waals surface area contributed by atoms with Crippen LogP contribution in [0, 0.1) is 5.82 Å². The van der Waals surface area contributed by atoms with E-state index >= 15 is 0 Å². The second-order valence-corrected chi connectivity index (χ2v) is 5.19. The number of ether oxygens (including phenoxy) is 1. The largest absolute Gasteiger partial charge is 0.483 e. The Morgan fingerprint density at radius 3 is 2.52 bits per heavy atom. The minimum Gasteiger partial charge on any atom is -0.483 e. The number of benzene rings is 2. The average Bonchev–Trinajstić information content (AvgIpc) is 2.54. The molecule has 0 aromatic heterocycles. The second-order valence-electron chi connectivity index (χ2n) is 5.19. The highest BCUT2D eigenvalue weighted by molar-refractivity contribution is 5.96. The van der Waals surface area contributed by atoms with Gasteiger partial charge in [0, 0.05) is 0 Å². The summed E-state index contributed by atoms with van der Waals surface area (Å²) in [6.45, 7) is 2.94. The Bertz CT molecular complexity index is 701. The van der Waals surface area contributed by atoms with E-state index in [-0.39, 0.29) is 35.7 Å². The lowest BCUT2D eigenvalue weighted by Crippen LogP contribution is -2.31. The lowest BCUT2D eigenvalue weighted by Gasteiger charge is -2.15. The van der Waals surface area contributed by atoms with Gasteiger partial charge in [-0.05, 0) is 37.6 Å². The monoisotopic (exact) mass is 315 g/mol. The molecule has 2 aromatic rings. The van der Waals surface area contributed by atoms with Crippen LogP contribution in [0.25, 0.3) is 0 Å². The first kappa shape index (κ1) is 16.7. The summed E-state index contributed by atoms with van der Waals surface area (Å²) in [6.07, 6.45) is 0. The Hall–Kier alpha value is -2.69. The summed E-state index contributed by atoms with van der Waals surface area (Å²) in [7, 11) is 0. The normalized spacial score (nSPS) is 11.6. The molecule has 1 atom stereocenters. The Balaban J connectivity index is 1.96. The SMILES string of the molecule is CC(=O)c1cc(F)ccc1OCC(=O)NC(C)c1ccccc1. The fourth-order valence-electron chi connectivity index (χ4n) is 2.15. The van der Waals surface area contributed by atoms with Gasteiger partial charge in [0.2, 0.25) is 0 Å². The molecule has 0 radical (unpaired) electrons. The van der Waals surface area contributed by atoms with Gasteiger partial charge in [-0.15, -0.1) is 0 Å². The van der Waals surface area contributed by atoms with E-state index in [2.05, 4.69) is 5.32 Å². The van der Waals surface area contributed by atoms with Crippen molar-refractivity contribution in [3.05, 3.63) is 65.5 Å². The van der Waals surface area contributed by atoms with E-state index in [1.165, 1.54) is 19.1 Å². The molecule has 5 heteroatoms. The van der Waals surface area contributed by atoms with Gasteiger partial charge < -0.3 is 10.1 Å². The number of ketones is 1. The Kier molecular flexibility index (Phi) is 5.46. The van der Waals surface area contributed by atoms with Crippen LogP contribution in [0.3, 0.4) is 0 Å². The van der Waals surface area contributed by atoms with Crippen molar-refractivity contribution in [3.8, 4) is 5.75 Å². The van der Waals surface area contributed by atoms with Crippen LogP contribution in [0.2, 0.25) is 0 Å². The van der Waals surface area contributed by atoms with E-state index in [0.29, 0.717) is 0 Å². The summed E-state index contributed by atoms with van der Waals surface area (Å²) in [5.74, 6) is -0.969. The molecule has 4 nitrogen and oxygen atoms in total. The zero-order valence-corrected chi connectivity index (χ0v) is 13.0. The van der Waals surface area contributed by atoms with E-state index < -0.39 is 5.82 Å². The van der Waals surface area contributed by atoms with Gasteiger partial charge in [-0.3, -0.25) is 9.59 Å². The van der Waals surface area contributed by atoms with Crippen molar-refractivity contribution in [1.82, 2.24) is 5.32 Å². The van der Waals surface area contributed by atoms with Crippen LogP contribution in [0.15, 0.2) is 48.5 Å². The molecular formula is C18H18FNO3. The van der Waals surface area contributed by atoms with Gasteiger partial charge >= 0.3 is 0 Å². The number of carbonyl (C=O) groups is 2. The zero-order valence-electron chi connectivity index (χ0n) is 13.0. The number of rotatable bonds is 6. The summed E-state index contributed by atoms with van der Waals surface area (Å²) in [5, 5.41) is 2.80. The van der Waals surface area contributed by atoms with Crippen LogP contribution in [0.1, 0.15) is 35.8 Å². The highest BCUT2D eigenvalue weighted by atomic mass is 19.1. The minimum absolute atomic E-state index is 0.119. The van der Waals surface area contributed by atoms with Crippen LogP contribution in [-0.4, -0.2) is 18.3 Å². The standard InChI is InChI=1S/C18H18FNO3/c1-12(14-6-4-3-5-7-14)20-18(22)11-23-17-9-8-15(19)10-16(17)13(2)21/h3-10,12H,11H2,1-2H3,(H,20,22). The number of carbonyl (C=O) groups excluding carboxylic acids is 2. The van der Waals surface area contributed by atoms with Gasteiger partial charge in [-0.1, -0.05) is 30.3 Å². The van der Waals surface area contributed by atoms with Crippen molar-refractivity contribution in [3.63, 3.8) is 0 Å². The number of hydrogen-bond donors (Lipinski definition) is 1. The van der Waals surface area contributed by atoms with E-state index in [9.17, 15) is 14.0 Å². The van der Waals surface area contributed by atoms with E-state index in [1.54, 1.807) is 0 Å². The zero-order chi connectivity index (χ0) is 16.8. The smallest absolute Gasteiger partial charge is 0.258 e. The summed E-state index contributed by atoms with van der Waals surface area (Å²) in [4.78, 5) is 23.4. The molecule has 0 aliphatic rings. The summed E-state index contributed by atoms with van der Waals surface area (Å²) in [5.41, 5.74) is 1.10. The number of nitrogens with one attached hydrogen (secondary N) is 1. The number of amides is 1. The summed E-state index contributed by atoms with van der Waals surface area (Å²) in [6, 6.07) is 13.0. The molecule has 120 valence electrons. The first-order valence-electron chi connectivity index (χ1n) is 7.25. The predicted octanol–water partition coefficient (Wildman–Crippen LogP) is 3.28.